The van der Waals surface area contributed by atoms with Crippen LogP contribution in [0.1, 0.15) is 46.5 Å². The average molecular weight is 353 g/mol. The molecule has 0 aliphatic carbocycles. The average Bonchev–Trinajstić information content (AvgIpc) is 2.45. The van der Waals surface area contributed by atoms with Crippen molar-refractivity contribution >= 4 is 25.4 Å². The summed E-state index contributed by atoms with van der Waals surface area (Å²) < 4.78 is 6.25. The predicted octanol–water partition coefficient (Wildman–Crippen LogP) is 3.89. The molecule has 0 saturated carbocycles. The zero-order valence-corrected chi connectivity index (χ0v) is 15.1. The van der Waals surface area contributed by atoms with Gasteiger partial charge in [-0.25, -0.2) is 0 Å². The summed E-state index contributed by atoms with van der Waals surface area (Å²) in [5.74, 6) is -0.0506. The first-order valence-corrected chi connectivity index (χ1v) is 9.31. The Morgan fingerprint density at radius 3 is 2.48 bits per heavy atom. The summed E-state index contributed by atoms with van der Waals surface area (Å²) in [6.45, 7) is 10.5. The van der Waals surface area contributed by atoms with Gasteiger partial charge in [-0.05, 0) is 0 Å². The van der Waals surface area contributed by atoms with E-state index < -0.39 is 4.31 Å². The molecule has 1 aromatic rings. The molecule has 1 rings (SSSR count). The molecule has 0 saturated heterocycles. The molecule has 1 aromatic carbocycles. The third-order valence-corrected chi connectivity index (χ3v) is 6.19. The Balaban J connectivity index is 3.08. The number of rotatable bonds is 9. The standard InChI is InChI=1S/C18H26O2Se/c1-5-7-13-18(14-15(3)4,17(19)20-6-2)21-16-11-9-8-10-12-16/h8-12H,3,5-7,13-14H2,1-2,4H3. The maximum atomic E-state index is 12.7. The Hall–Kier alpha value is -1.05. The minimum absolute atomic E-state index is 0.0502. The van der Waals surface area contributed by atoms with Gasteiger partial charge in [0.05, 0.1) is 0 Å². The van der Waals surface area contributed by atoms with E-state index in [4.69, 9.17) is 4.74 Å². The quantitative estimate of drug-likeness (QED) is 0.382. The van der Waals surface area contributed by atoms with Crippen LogP contribution >= 0.6 is 0 Å². The minimum atomic E-state index is -0.411. The molecule has 0 spiro atoms. The molecule has 0 aliphatic heterocycles. The number of carbonyl (C=O) groups is 1. The van der Waals surface area contributed by atoms with Crippen molar-refractivity contribution in [3.8, 4) is 0 Å². The molecule has 3 heteroatoms. The van der Waals surface area contributed by atoms with E-state index in [0.717, 1.165) is 31.3 Å². The number of hydrogen-bond acceptors (Lipinski definition) is 2. The number of allylic oxidation sites excluding steroid dienone is 1. The Kier molecular flexibility index (Phi) is 7.77. The molecule has 0 heterocycles. The first-order valence-electron chi connectivity index (χ1n) is 7.59. The van der Waals surface area contributed by atoms with E-state index in [1.54, 1.807) is 0 Å². The molecule has 116 valence electrons. The summed E-state index contributed by atoms with van der Waals surface area (Å²) in [4.78, 5) is 12.7. The molecule has 21 heavy (non-hydrogen) atoms. The summed E-state index contributed by atoms with van der Waals surface area (Å²) in [5.41, 5.74) is 1.05. The normalized spacial score (nSPS) is 13.5. The van der Waals surface area contributed by atoms with Crippen LogP contribution < -0.4 is 4.46 Å². The van der Waals surface area contributed by atoms with Gasteiger partial charge in [0.15, 0.2) is 0 Å². The van der Waals surface area contributed by atoms with Gasteiger partial charge in [0, 0.05) is 0 Å². The molecule has 1 atom stereocenters. The zero-order valence-electron chi connectivity index (χ0n) is 13.4. The first-order chi connectivity index (χ1) is 10.0. The summed E-state index contributed by atoms with van der Waals surface area (Å²) in [6, 6.07) is 10.3. The molecule has 0 bridgehead atoms. The van der Waals surface area contributed by atoms with Crippen molar-refractivity contribution in [2.45, 2.75) is 50.8 Å². The third-order valence-electron chi connectivity index (χ3n) is 3.23. The van der Waals surface area contributed by atoms with Crippen molar-refractivity contribution < 1.29 is 9.53 Å². The Morgan fingerprint density at radius 1 is 1.29 bits per heavy atom. The second kappa shape index (κ2) is 9.07. The van der Waals surface area contributed by atoms with Crippen LogP contribution in [-0.2, 0) is 9.53 Å². The van der Waals surface area contributed by atoms with Crippen molar-refractivity contribution in [1.82, 2.24) is 0 Å². The second-order valence-electron chi connectivity index (χ2n) is 5.37. The number of unbranched alkanes of at least 4 members (excludes halogenated alkanes) is 1. The van der Waals surface area contributed by atoms with Gasteiger partial charge in [-0.2, -0.15) is 0 Å². The van der Waals surface area contributed by atoms with Crippen LogP contribution in [0.4, 0.5) is 0 Å². The second-order valence-corrected chi connectivity index (χ2v) is 8.42. The monoisotopic (exact) mass is 354 g/mol. The van der Waals surface area contributed by atoms with Crippen LogP contribution in [0, 0.1) is 0 Å². The van der Waals surface area contributed by atoms with E-state index in [9.17, 15) is 4.79 Å². The van der Waals surface area contributed by atoms with Crippen LogP contribution in [0.25, 0.3) is 0 Å². The van der Waals surface area contributed by atoms with Crippen LogP contribution in [0.5, 0.6) is 0 Å². The van der Waals surface area contributed by atoms with Crippen LogP contribution in [-0.4, -0.2) is 27.5 Å². The number of esters is 1. The van der Waals surface area contributed by atoms with Crippen molar-refractivity contribution in [2.75, 3.05) is 6.61 Å². The van der Waals surface area contributed by atoms with Crippen LogP contribution in [0.15, 0.2) is 42.5 Å². The van der Waals surface area contributed by atoms with Gasteiger partial charge in [-0.15, -0.1) is 0 Å². The molecular weight excluding hydrogens is 327 g/mol. The Bertz CT molecular complexity index is 456. The van der Waals surface area contributed by atoms with E-state index in [0.29, 0.717) is 6.61 Å². The van der Waals surface area contributed by atoms with Gasteiger partial charge in [-0.1, -0.05) is 0 Å². The fourth-order valence-electron chi connectivity index (χ4n) is 2.32. The zero-order chi connectivity index (χ0) is 15.7. The topological polar surface area (TPSA) is 26.3 Å². The van der Waals surface area contributed by atoms with Crippen molar-refractivity contribution in [2.24, 2.45) is 0 Å². The predicted molar refractivity (Wildman–Crippen MR) is 90.1 cm³/mol. The van der Waals surface area contributed by atoms with Crippen LogP contribution in [0.2, 0.25) is 4.31 Å². The van der Waals surface area contributed by atoms with Gasteiger partial charge >= 0.3 is 135 Å². The van der Waals surface area contributed by atoms with Crippen molar-refractivity contribution in [3.05, 3.63) is 42.5 Å². The van der Waals surface area contributed by atoms with Crippen molar-refractivity contribution in [3.63, 3.8) is 0 Å². The summed E-state index contributed by atoms with van der Waals surface area (Å²) >= 11 is 0.0502. The van der Waals surface area contributed by atoms with Gasteiger partial charge < -0.3 is 0 Å². The van der Waals surface area contributed by atoms with E-state index in [1.165, 1.54) is 4.46 Å². The summed E-state index contributed by atoms with van der Waals surface area (Å²) in [5, 5.41) is 0. The molecule has 0 amide bonds. The number of carbonyl (C=O) groups excluding carboxylic acids is 1. The molecule has 0 aromatic heterocycles. The number of benzene rings is 1. The summed E-state index contributed by atoms with van der Waals surface area (Å²) in [7, 11) is 0. The Morgan fingerprint density at radius 2 is 1.95 bits per heavy atom. The van der Waals surface area contributed by atoms with E-state index in [-0.39, 0.29) is 20.9 Å². The molecule has 2 nitrogen and oxygen atoms in total. The van der Waals surface area contributed by atoms with Gasteiger partial charge in [0.25, 0.3) is 0 Å². The molecule has 0 aliphatic rings. The SMILES string of the molecule is C=C(C)CC(CCCC)([Se]c1ccccc1)C(=O)OCC. The van der Waals surface area contributed by atoms with Crippen molar-refractivity contribution in [1.29, 1.82) is 0 Å². The fraction of sp³-hybridized carbons (Fsp3) is 0.500. The third kappa shape index (κ3) is 5.68. The maximum absolute atomic E-state index is 12.7. The van der Waals surface area contributed by atoms with Gasteiger partial charge in [0.1, 0.15) is 0 Å². The molecular formula is C18H26O2Se. The fourth-order valence-corrected chi connectivity index (χ4v) is 5.36. The molecule has 0 radical (unpaired) electrons. The molecule has 0 fully saturated rings. The number of hydrogen-bond donors (Lipinski definition) is 0. The van der Waals surface area contributed by atoms with E-state index in [2.05, 4.69) is 25.6 Å². The summed E-state index contributed by atoms with van der Waals surface area (Å²) in [6.07, 6.45) is 3.73. The number of ether oxygens (including phenoxy) is 1. The molecule has 1 unspecified atom stereocenters. The molecule has 0 N–H and O–H groups in total. The first kappa shape index (κ1) is 18.0. The van der Waals surface area contributed by atoms with Crippen LogP contribution in [0.3, 0.4) is 0 Å². The Labute approximate surface area is 135 Å². The van der Waals surface area contributed by atoms with E-state index >= 15 is 0 Å². The van der Waals surface area contributed by atoms with Gasteiger partial charge in [0.2, 0.25) is 0 Å². The van der Waals surface area contributed by atoms with E-state index in [1.807, 2.05) is 32.0 Å². The van der Waals surface area contributed by atoms with Gasteiger partial charge in [-0.3, -0.25) is 0 Å².